The Morgan fingerprint density at radius 2 is 1.56 bits per heavy atom. The maximum absolute atomic E-state index is 5.72. The van der Waals surface area contributed by atoms with Crippen LogP contribution < -0.4 is 3.78 Å². The van der Waals surface area contributed by atoms with Crippen LogP contribution in [0.15, 0.2) is 30.3 Å². The van der Waals surface area contributed by atoms with Crippen molar-refractivity contribution in [2.75, 3.05) is 0 Å². The molecule has 0 heterocycles. The molecule has 1 aromatic carbocycles. The summed E-state index contributed by atoms with van der Waals surface area (Å²) < 4.78 is 1.09. The van der Waals surface area contributed by atoms with Crippen LogP contribution in [0.5, 0.6) is 0 Å². The van der Waals surface area contributed by atoms with Crippen molar-refractivity contribution in [1.29, 1.82) is 0 Å². The molecule has 9 heavy (non-hydrogen) atoms. The van der Waals surface area contributed by atoms with Gasteiger partial charge in [-0.15, -0.1) is 0 Å². The van der Waals surface area contributed by atoms with E-state index in [1.54, 1.807) is 0 Å². The molecule has 0 aliphatic heterocycles. The van der Waals surface area contributed by atoms with Gasteiger partial charge in [0.25, 0.3) is 0 Å². The summed E-state index contributed by atoms with van der Waals surface area (Å²) in [7, 11) is 11.4. The van der Waals surface area contributed by atoms with Gasteiger partial charge in [0.05, 0.1) is 0 Å². The van der Waals surface area contributed by atoms with Gasteiger partial charge in [-0.25, -0.2) is 0 Å². The topological polar surface area (TPSA) is 0 Å². The van der Waals surface area contributed by atoms with Crippen molar-refractivity contribution in [3.63, 3.8) is 0 Å². The number of hydrogen-bond acceptors (Lipinski definition) is 0. The zero-order chi connectivity index (χ0) is 6.69. The molecular formula is C6H5AuCl2. The first-order valence-corrected chi connectivity index (χ1v) is 8.74. The number of halogens is 2. The predicted molar refractivity (Wildman–Crippen MR) is 37.8 cm³/mol. The van der Waals surface area contributed by atoms with E-state index in [9.17, 15) is 0 Å². The molecule has 0 bridgehead atoms. The maximum atomic E-state index is 5.72. The first kappa shape index (κ1) is 7.65. The van der Waals surface area contributed by atoms with E-state index in [2.05, 4.69) is 0 Å². The third-order valence-electron chi connectivity index (χ3n) is 0.839. The Bertz CT molecular complexity index is 174. The van der Waals surface area contributed by atoms with Gasteiger partial charge in [-0.1, -0.05) is 0 Å². The molecule has 0 amide bonds. The Kier molecular flexibility index (Phi) is 3.10. The predicted octanol–water partition coefficient (Wildman–Crippen LogP) is 2.24. The summed E-state index contributed by atoms with van der Waals surface area (Å²) in [6.07, 6.45) is 0. The molecule has 0 saturated carbocycles. The van der Waals surface area contributed by atoms with E-state index in [0.717, 1.165) is 3.78 Å². The van der Waals surface area contributed by atoms with Crippen molar-refractivity contribution in [2.24, 2.45) is 0 Å². The second-order valence-corrected chi connectivity index (χ2v) is 8.47. The summed E-state index contributed by atoms with van der Waals surface area (Å²) in [6, 6.07) is 9.77. The monoisotopic (exact) mass is 344 g/mol. The van der Waals surface area contributed by atoms with E-state index >= 15 is 0 Å². The summed E-state index contributed by atoms with van der Waals surface area (Å²) in [6.45, 7) is 0. The second kappa shape index (κ2) is 3.65. The van der Waals surface area contributed by atoms with Gasteiger partial charge in [0.15, 0.2) is 0 Å². The molecule has 3 heteroatoms. The minimum atomic E-state index is -1.66. The molecule has 0 N–H and O–H groups in total. The molecule has 1 rings (SSSR count). The van der Waals surface area contributed by atoms with Crippen LogP contribution in [0, 0.1) is 0 Å². The van der Waals surface area contributed by atoms with Gasteiger partial charge >= 0.3 is 68.8 Å². The zero-order valence-corrected chi connectivity index (χ0v) is 8.12. The van der Waals surface area contributed by atoms with E-state index in [4.69, 9.17) is 18.4 Å². The fourth-order valence-corrected chi connectivity index (χ4v) is 2.68. The van der Waals surface area contributed by atoms with Crippen molar-refractivity contribution >= 4 is 22.2 Å². The van der Waals surface area contributed by atoms with Crippen molar-refractivity contribution < 1.29 is 16.3 Å². The molecule has 0 aromatic heterocycles. The Morgan fingerprint density at radius 3 is 1.89 bits per heavy atom. The zero-order valence-electron chi connectivity index (χ0n) is 4.44. The van der Waals surface area contributed by atoms with Crippen molar-refractivity contribution in [2.45, 2.75) is 0 Å². The Labute approximate surface area is 68.5 Å². The molecule has 0 atom stereocenters. The third kappa shape index (κ3) is 2.32. The summed E-state index contributed by atoms with van der Waals surface area (Å²) in [5, 5.41) is 0. The van der Waals surface area contributed by atoms with Crippen molar-refractivity contribution in [1.82, 2.24) is 0 Å². The Hall–Kier alpha value is 0.540. The molecule has 0 saturated heterocycles. The average molecular weight is 345 g/mol. The normalized spacial score (nSPS) is 11.1. The van der Waals surface area contributed by atoms with Crippen LogP contribution in [0.1, 0.15) is 0 Å². The molecule has 54 valence electrons. The van der Waals surface area contributed by atoms with E-state index in [-0.39, 0.29) is 0 Å². The number of rotatable bonds is 1. The second-order valence-electron chi connectivity index (χ2n) is 1.41. The van der Waals surface area contributed by atoms with Gasteiger partial charge in [0.1, 0.15) is 0 Å². The van der Waals surface area contributed by atoms with Gasteiger partial charge in [-0.05, 0) is 0 Å². The van der Waals surface area contributed by atoms with Crippen LogP contribution in [0.4, 0.5) is 0 Å². The van der Waals surface area contributed by atoms with Crippen LogP contribution >= 0.6 is 18.4 Å². The molecule has 0 spiro atoms. The van der Waals surface area contributed by atoms with E-state index < -0.39 is 16.3 Å². The Balaban J connectivity index is 2.85. The summed E-state index contributed by atoms with van der Waals surface area (Å²) in [5.41, 5.74) is 0. The molecule has 0 unspecified atom stereocenters. The molecule has 0 fully saturated rings. The van der Waals surface area contributed by atoms with Crippen LogP contribution in [0.3, 0.4) is 0 Å². The Morgan fingerprint density at radius 1 is 1.00 bits per heavy atom. The van der Waals surface area contributed by atoms with E-state index in [0.29, 0.717) is 0 Å². The summed E-state index contributed by atoms with van der Waals surface area (Å²) in [4.78, 5) is 0. The van der Waals surface area contributed by atoms with Gasteiger partial charge in [-0.3, -0.25) is 0 Å². The standard InChI is InChI=1S/C6H5.Au.2ClH/c1-2-4-6-5-3-1;;;/h1-5H;;2*1H/q;+2;;/p-2. The molecule has 0 aliphatic rings. The van der Waals surface area contributed by atoms with Crippen LogP contribution in [-0.2, 0) is 16.3 Å². The minimum absolute atomic E-state index is 1.09. The van der Waals surface area contributed by atoms with Gasteiger partial charge < -0.3 is 0 Å². The number of hydrogen-bond donors (Lipinski definition) is 0. The summed E-state index contributed by atoms with van der Waals surface area (Å²) >= 11 is -1.66. The van der Waals surface area contributed by atoms with E-state index in [1.165, 1.54) is 0 Å². The molecule has 0 radical (unpaired) electrons. The molecule has 0 aliphatic carbocycles. The van der Waals surface area contributed by atoms with Crippen LogP contribution in [-0.4, -0.2) is 0 Å². The van der Waals surface area contributed by atoms with Gasteiger partial charge in [-0.2, -0.15) is 0 Å². The summed E-state index contributed by atoms with van der Waals surface area (Å²) in [5.74, 6) is 0. The van der Waals surface area contributed by atoms with Crippen molar-refractivity contribution in [3.8, 4) is 0 Å². The first-order chi connectivity index (χ1) is 4.30. The average Bonchev–Trinajstić information content (AvgIpc) is 1.90. The van der Waals surface area contributed by atoms with Crippen LogP contribution in [0.25, 0.3) is 0 Å². The molecular weight excluding hydrogens is 340 g/mol. The quantitative estimate of drug-likeness (QED) is 0.685. The third-order valence-corrected chi connectivity index (χ3v) is 4.66. The number of benzene rings is 1. The first-order valence-electron chi connectivity index (χ1n) is 2.29. The van der Waals surface area contributed by atoms with Crippen molar-refractivity contribution in [3.05, 3.63) is 30.3 Å². The van der Waals surface area contributed by atoms with E-state index in [1.807, 2.05) is 30.3 Å². The van der Waals surface area contributed by atoms with Crippen LogP contribution in [0.2, 0.25) is 0 Å². The van der Waals surface area contributed by atoms with Gasteiger partial charge in [0, 0.05) is 0 Å². The fraction of sp³-hybridized carbons (Fsp3) is 0. The molecule has 0 nitrogen and oxygen atoms in total. The fourth-order valence-electron chi connectivity index (χ4n) is 0.476. The molecule has 1 aromatic rings. The van der Waals surface area contributed by atoms with Gasteiger partial charge in [0.2, 0.25) is 0 Å². The SMILES string of the molecule is [Cl][Au]([Cl])[c]1ccccc1.